The van der Waals surface area contributed by atoms with Gasteiger partial charge in [-0.3, -0.25) is 10.2 Å². The van der Waals surface area contributed by atoms with E-state index in [1.165, 1.54) is 0 Å². The number of hydrazine groups is 1. The second-order valence-corrected chi connectivity index (χ2v) is 4.36. The van der Waals surface area contributed by atoms with Crippen molar-refractivity contribution in [2.45, 2.75) is 6.92 Å². The first-order valence-electron chi connectivity index (χ1n) is 5.04. The topological polar surface area (TPSA) is 61.6 Å². The van der Waals surface area contributed by atoms with Gasteiger partial charge in [-0.1, -0.05) is 12.2 Å². The third-order valence-electron chi connectivity index (χ3n) is 2.59. The van der Waals surface area contributed by atoms with Crippen LogP contribution in [0.5, 0.6) is 0 Å². The van der Waals surface area contributed by atoms with Crippen molar-refractivity contribution in [1.82, 2.24) is 15.3 Å². The number of carbonyl (C=O) groups is 1. The summed E-state index contributed by atoms with van der Waals surface area (Å²) in [6.07, 6.45) is 0. The van der Waals surface area contributed by atoms with E-state index < -0.39 is 5.92 Å². The molecule has 0 aromatic carbocycles. The molecule has 6 heteroatoms. The van der Waals surface area contributed by atoms with Crippen molar-refractivity contribution in [3.05, 3.63) is 0 Å². The number of carbonyl (C=O) groups excluding carboxylic acids is 1. The second kappa shape index (κ2) is 5.39. The van der Waals surface area contributed by atoms with Crippen LogP contribution in [0, 0.1) is 5.92 Å². The molecule has 1 rings (SSSR count). The van der Waals surface area contributed by atoms with Gasteiger partial charge in [-0.05, 0) is 14.0 Å². The lowest BCUT2D eigenvalue weighted by molar-refractivity contribution is -0.128. The van der Waals surface area contributed by atoms with Crippen LogP contribution in [0.15, 0.2) is 0 Å². The molecule has 1 heterocycles. The molecule has 0 saturated carbocycles. The fourth-order valence-corrected chi connectivity index (χ4v) is 1.41. The number of nitrogens with one attached hydrogen (secondary N) is 1. The summed E-state index contributed by atoms with van der Waals surface area (Å²) in [7, 11) is 2.07. The van der Waals surface area contributed by atoms with E-state index >= 15 is 0 Å². The number of likely N-dealkylation sites (N-methyl/N-ethyl adjacent to an activating group) is 1. The molecular weight excluding hydrogens is 212 g/mol. The molecule has 0 aliphatic carbocycles. The molecule has 0 bridgehead atoms. The first-order chi connectivity index (χ1) is 7.00. The molecule has 5 nitrogen and oxygen atoms in total. The third-order valence-corrected chi connectivity index (χ3v) is 2.95. The quantitative estimate of drug-likeness (QED) is 0.621. The Labute approximate surface area is 95.6 Å². The van der Waals surface area contributed by atoms with E-state index in [-0.39, 0.29) is 10.9 Å². The van der Waals surface area contributed by atoms with Gasteiger partial charge in [-0.2, -0.15) is 0 Å². The van der Waals surface area contributed by atoms with Crippen LogP contribution in [0.2, 0.25) is 0 Å². The standard InChI is InChI=1S/C9H18N4OS/c1-7(8(10)15)9(14)11-13-5-3-12(2)4-6-13/h7H,3-6H2,1-2H3,(H2,10,15)(H,11,14). The van der Waals surface area contributed by atoms with Crippen LogP contribution in [-0.4, -0.2) is 54.0 Å². The van der Waals surface area contributed by atoms with Gasteiger partial charge in [0.05, 0.1) is 10.9 Å². The molecule has 1 unspecified atom stereocenters. The van der Waals surface area contributed by atoms with Gasteiger partial charge < -0.3 is 10.6 Å². The van der Waals surface area contributed by atoms with Crippen LogP contribution in [0.25, 0.3) is 0 Å². The Morgan fingerprint density at radius 3 is 2.40 bits per heavy atom. The van der Waals surface area contributed by atoms with Gasteiger partial charge in [-0.15, -0.1) is 0 Å². The Hall–Kier alpha value is -0.720. The summed E-state index contributed by atoms with van der Waals surface area (Å²) in [6.45, 7) is 5.32. The Kier molecular flexibility index (Phi) is 4.44. The number of nitrogens with two attached hydrogens (primary N) is 1. The van der Waals surface area contributed by atoms with E-state index in [0.29, 0.717) is 0 Å². The highest BCUT2D eigenvalue weighted by atomic mass is 32.1. The van der Waals surface area contributed by atoms with Gasteiger partial charge in [0.2, 0.25) is 5.91 Å². The molecule has 0 aromatic rings. The molecule has 0 spiro atoms. The summed E-state index contributed by atoms with van der Waals surface area (Å²) in [6, 6.07) is 0. The SMILES string of the molecule is CC(C(=O)NN1CCN(C)CC1)C(N)=S. The largest absolute Gasteiger partial charge is 0.393 e. The van der Waals surface area contributed by atoms with E-state index in [1.54, 1.807) is 6.92 Å². The summed E-state index contributed by atoms with van der Waals surface area (Å²) < 4.78 is 0. The highest BCUT2D eigenvalue weighted by molar-refractivity contribution is 7.80. The van der Waals surface area contributed by atoms with Crippen molar-refractivity contribution in [1.29, 1.82) is 0 Å². The molecule has 1 amide bonds. The predicted octanol–water partition coefficient (Wildman–Crippen LogP) is -0.813. The number of hydrogen-bond acceptors (Lipinski definition) is 4. The molecule has 1 aliphatic rings. The van der Waals surface area contributed by atoms with Gasteiger partial charge in [-0.25, -0.2) is 5.01 Å². The van der Waals surface area contributed by atoms with E-state index in [1.807, 2.05) is 5.01 Å². The fourth-order valence-electron chi connectivity index (χ4n) is 1.30. The van der Waals surface area contributed by atoms with Crippen molar-refractivity contribution in [3.8, 4) is 0 Å². The zero-order chi connectivity index (χ0) is 11.4. The summed E-state index contributed by atoms with van der Waals surface area (Å²) in [4.78, 5) is 14.1. The molecular formula is C9H18N4OS. The molecule has 1 fully saturated rings. The number of piperazine rings is 1. The van der Waals surface area contributed by atoms with Crippen molar-refractivity contribution in [2.75, 3.05) is 33.2 Å². The zero-order valence-electron chi connectivity index (χ0n) is 9.19. The number of hydrogen-bond donors (Lipinski definition) is 2. The fraction of sp³-hybridized carbons (Fsp3) is 0.778. The van der Waals surface area contributed by atoms with E-state index in [9.17, 15) is 4.79 Å². The summed E-state index contributed by atoms with van der Waals surface area (Å²) >= 11 is 4.77. The lowest BCUT2D eigenvalue weighted by Crippen LogP contribution is -2.54. The van der Waals surface area contributed by atoms with Crippen molar-refractivity contribution < 1.29 is 4.79 Å². The molecule has 1 aliphatic heterocycles. The highest BCUT2D eigenvalue weighted by Gasteiger charge is 2.20. The molecule has 0 radical (unpaired) electrons. The molecule has 86 valence electrons. The normalized spacial score (nSPS) is 20.9. The van der Waals surface area contributed by atoms with E-state index in [0.717, 1.165) is 26.2 Å². The highest BCUT2D eigenvalue weighted by Crippen LogP contribution is 1.99. The van der Waals surface area contributed by atoms with Crippen molar-refractivity contribution >= 4 is 23.1 Å². The van der Waals surface area contributed by atoms with Gasteiger partial charge in [0.15, 0.2) is 0 Å². The maximum absolute atomic E-state index is 11.6. The first-order valence-corrected chi connectivity index (χ1v) is 5.45. The molecule has 1 atom stereocenters. The third kappa shape index (κ3) is 3.73. The van der Waals surface area contributed by atoms with Gasteiger partial charge >= 0.3 is 0 Å². The number of nitrogens with zero attached hydrogens (tertiary/aromatic N) is 2. The number of thiocarbonyl (C=S) groups is 1. The maximum Gasteiger partial charge on any atom is 0.243 e. The van der Waals surface area contributed by atoms with Crippen LogP contribution < -0.4 is 11.2 Å². The van der Waals surface area contributed by atoms with Crippen molar-refractivity contribution in [3.63, 3.8) is 0 Å². The first kappa shape index (κ1) is 12.4. The monoisotopic (exact) mass is 230 g/mol. The maximum atomic E-state index is 11.6. The molecule has 1 saturated heterocycles. The molecule has 15 heavy (non-hydrogen) atoms. The average Bonchev–Trinajstić information content (AvgIpc) is 2.20. The minimum absolute atomic E-state index is 0.118. The summed E-state index contributed by atoms with van der Waals surface area (Å²) in [5.74, 6) is -0.522. The second-order valence-electron chi connectivity index (χ2n) is 3.89. The Morgan fingerprint density at radius 2 is 1.93 bits per heavy atom. The smallest absolute Gasteiger partial charge is 0.243 e. The average molecular weight is 230 g/mol. The minimum Gasteiger partial charge on any atom is -0.393 e. The Morgan fingerprint density at radius 1 is 1.40 bits per heavy atom. The number of amides is 1. The van der Waals surface area contributed by atoms with Crippen LogP contribution in [-0.2, 0) is 4.79 Å². The molecule has 0 aromatic heterocycles. The molecule has 3 N–H and O–H groups in total. The Bertz CT molecular complexity index is 250. The van der Waals surface area contributed by atoms with Gasteiger partial charge in [0, 0.05) is 26.2 Å². The zero-order valence-corrected chi connectivity index (χ0v) is 10.0. The van der Waals surface area contributed by atoms with Gasteiger partial charge in [0.1, 0.15) is 0 Å². The minimum atomic E-state index is -0.403. The van der Waals surface area contributed by atoms with Crippen LogP contribution in [0.4, 0.5) is 0 Å². The lowest BCUT2D eigenvalue weighted by atomic mass is 10.2. The van der Waals surface area contributed by atoms with Crippen LogP contribution >= 0.6 is 12.2 Å². The Balaban J connectivity index is 2.35. The van der Waals surface area contributed by atoms with E-state index in [4.69, 9.17) is 18.0 Å². The van der Waals surface area contributed by atoms with Gasteiger partial charge in [0.25, 0.3) is 0 Å². The summed E-state index contributed by atoms with van der Waals surface area (Å²) in [5.41, 5.74) is 8.23. The number of rotatable bonds is 3. The van der Waals surface area contributed by atoms with Crippen molar-refractivity contribution in [2.24, 2.45) is 11.7 Å². The van der Waals surface area contributed by atoms with Crippen LogP contribution in [0.3, 0.4) is 0 Å². The predicted molar refractivity (Wildman–Crippen MR) is 63.2 cm³/mol. The van der Waals surface area contributed by atoms with Crippen LogP contribution in [0.1, 0.15) is 6.92 Å². The van der Waals surface area contributed by atoms with E-state index in [2.05, 4.69) is 17.4 Å². The summed E-state index contributed by atoms with van der Waals surface area (Å²) in [5, 5.41) is 1.91. The lowest BCUT2D eigenvalue weighted by Gasteiger charge is -2.32.